The van der Waals surface area contributed by atoms with E-state index >= 15 is 4.39 Å². The molecular weight excluding hydrogens is 653 g/mol. The molecule has 1 unspecified atom stereocenters. The zero-order chi connectivity index (χ0) is 32.7. The molecule has 1 N–H and O–H groups in total. The zero-order valence-corrected chi connectivity index (χ0v) is 28.4. The first-order valence-corrected chi connectivity index (χ1v) is 17.3. The Kier molecular flexibility index (Phi) is 7.93. The summed E-state index contributed by atoms with van der Waals surface area (Å²) in [5.74, 6) is -1.31. The van der Waals surface area contributed by atoms with E-state index in [4.69, 9.17) is 28.2 Å². The van der Waals surface area contributed by atoms with E-state index in [1.165, 1.54) is 28.8 Å². The Bertz CT molecular complexity index is 1670. The van der Waals surface area contributed by atoms with Gasteiger partial charge in [0.1, 0.15) is 33.6 Å². The second kappa shape index (κ2) is 11.5. The molecule has 0 bridgehead atoms. The van der Waals surface area contributed by atoms with Gasteiger partial charge in [0.2, 0.25) is 5.91 Å². The molecule has 1 saturated carbocycles. The van der Waals surface area contributed by atoms with Crippen LogP contribution in [0.1, 0.15) is 64.1 Å². The highest BCUT2D eigenvalue weighted by molar-refractivity contribution is 8.18. The lowest BCUT2D eigenvalue weighted by atomic mass is 9.81. The first-order valence-electron chi connectivity index (χ1n) is 15.7. The fourth-order valence-electron chi connectivity index (χ4n) is 7.35. The van der Waals surface area contributed by atoms with Crippen LogP contribution in [0.15, 0.2) is 52.1 Å². The SMILES string of the molecule is CC(C)C1=C(C(=O)N2C[C@H](F)C[C@@H]2C(=O)N2CC3(CC3)NCC2C)SC2=N[C@@](C)(c3ccc(Cl)nc3)[C@@H](c3ccc(Cl)c(F)c3)N21. The number of amides is 2. The van der Waals surface area contributed by atoms with Crippen LogP contribution in [0.4, 0.5) is 8.78 Å². The number of fused-ring (bicyclic) bond motifs is 1. The summed E-state index contributed by atoms with van der Waals surface area (Å²) in [4.78, 5) is 43.6. The highest BCUT2D eigenvalue weighted by Crippen LogP contribution is 2.56. The third kappa shape index (κ3) is 5.22. The van der Waals surface area contributed by atoms with Gasteiger partial charge in [-0.2, -0.15) is 0 Å². The van der Waals surface area contributed by atoms with Gasteiger partial charge in [-0.15, -0.1) is 0 Å². The van der Waals surface area contributed by atoms with E-state index in [2.05, 4.69) is 10.3 Å². The van der Waals surface area contributed by atoms with Crippen molar-refractivity contribution >= 4 is 51.9 Å². The normalized spacial score (nSPS) is 30.0. The van der Waals surface area contributed by atoms with Gasteiger partial charge in [-0.25, -0.2) is 18.8 Å². The second-order valence-corrected chi connectivity index (χ2v) is 15.4. The van der Waals surface area contributed by atoms with Crippen LogP contribution in [0, 0.1) is 11.7 Å². The molecule has 0 radical (unpaired) electrons. The predicted molar refractivity (Wildman–Crippen MR) is 176 cm³/mol. The molecule has 5 heterocycles. The number of carbonyl (C=O) groups excluding carboxylic acids is 2. The van der Waals surface area contributed by atoms with Gasteiger partial charge in [-0.1, -0.05) is 49.2 Å². The lowest BCUT2D eigenvalue weighted by molar-refractivity contribution is -0.144. The van der Waals surface area contributed by atoms with Crippen LogP contribution in [-0.4, -0.2) is 80.1 Å². The number of halogens is 4. The van der Waals surface area contributed by atoms with E-state index in [9.17, 15) is 14.0 Å². The fourth-order valence-corrected chi connectivity index (χ4v) is 8.94. The van der Waals surface area contributed by atoms with Gasteiger partial charge in [0.05, 0.1) is 17.6 Å². The first-order chi connectivity index (χ1) is 21.8. The molecule has 1 aromatic carbocycles. The van der Waals surface area contributed by atoms with Crippen molar-refractivity contribution in [3.05, 3.63) is 74.3 Å². The summed E-state index contributed by atoms with van der Waals surface area (Å²) < 4.78 is 30.1. The molecule has 244 valence electrons. The molecule has 8 nitrogen and oxygen atoms in total. The number of thioether (sulfide) groups is 1. The van der Waals surface area contributed by atoms with Crippen LogP contribution < -0.4 is 5.32 Å². The molecule has 13 heteroatoms. The number of allylic oxidation sites excluding steroid dienone is 1. The number of aliphatic imine (C=N–C) groups is 1. The van der Waals surface area contributed by atoms with Gasteiger partial charge in [0.15, 0.2) is 5.17 Å². The molecule has 2 saturated heterocycles. The lowest BCUT2D eigenvalue weighted by Gasteiger charge is -2.41. The molecule has 2 aromatic rings. The van der Waals surface area contributed by atoms with Crippen molar-refractivity contribution in [2.24, 2.45) is 10.9 Å². The van der Waals surface area contributed by atoms with Crippen LogP contribution in [0.5, 0.6) is 0 Å². The number of amidine groups is 1. The number of hydrogen-bond acceptors (Lipinski definition) is 7. The molecule has 1 spiro atoms. The Morgan fingerprint density at radius 2 is 1.91 bits per heavy atom. The van der Waals surface area contributed by atoms with E-state index in [1.807, 2.05) is 43.6 Å². The summed E-state index contributed by atoms with van der Waals surface area (Å²) in [6, 6.07) is 6.72. The summed E-state index contributed by atoms with van der Waals surface area (Å²) in [5, 5.41) is 4.45. The molecule has 5 atom stereocenters. The molecule has 1 aromatic heterocycles. The first kappa shape index (κ1) is 31.8. The molecular formula is C33H36Cl2F2N6O2S. The summed E-state index contributed by atoms with van der Waals surface area (Å²) in [5.41, 5.74) is 1.10. The highest BCUT2D eigenvalue weighted by atomic mass is 35.5. The monoisotopic (exact) mass is 688 g/mol. The summed E-state index contributed by atoms with van der Waals surface area (Å²) in [6.07, 6.45) is 2.34. The Morgan fingerprint density at radius 3 is 2.57 bits per heavy atom. The molecule has 3 fully saturated rings. The molecule has 7 rings (SSSR count). The van der Waals surface area contributed by atoms with Crippen molar-refractivity contribution in [1.29, 1.82) is 0 Å². The van der Waals surface area contributed by atoms with Crippen LogP contribution in [0.3, 0.4) is 0 Å². The minimum absolute atomic E-state index is 0.000899. The molecule has 4 aliphatic heterocycles. The van der Waals surface area contributed by atoms with Crippen molar-refractivity contribution in [3.63, 3.8) is 0 Å². The van der Waals surface area contributed by atoms with Crippen molar-refractivity contribution in [3.8, 4) is 0 Å². The number of pyridine rings is 1. The van der Waals surface area contributed by atoms with E-state index in [0.29, 0.717) is 39.6 Å². The van der Waals surface area contributed by atoms with Gasteiger partial charge < -0.3 is 20.0 Å². The van der Waals surface area contributed by atoms with Crippen molar-refractivity contribution in [1.82, 2.24) is 25.0 Å². The Labute approximate surface area is 281 Å². The number of benzene rings is 1. The van der Waals surface area contributed by atoms with E-state index in [0.717, 1.165) is 18.4 Å². The number of likely N-dealkylation sites (tertiary alicyclic amines) is 1. The van der Waals surface area contributed by atoms with Crippen LogP contribution in [-0.2, 0) is 15.1 Å². The van der Waals surface area contributed by atoms with Gasteiger partial charge in [0, 0.05) is 48.5 Å². The largest absolute Gasteiger partial charge is 0.335 e. The quantitative estimate of drug-likeness (QED) is 0.385. The lowest BCUT2D eigenvalue weighted by Crippen LogP contribution is -2.61. The van der Waals surface area contributed by atoms with Gasteiger partial charge in [-0.3, -0.25) is 9.59 Å². The molecule has 46 heavy (non-hydrogen) atoms. The maximum atomic E-state index is 15.1. The standard InChI is InChI=1S/C33H36Cl2F2N6O2S/c1-17(2)26-27(30(45)41-15-21(36)12-24(41)29(44)42-16-33(9-10-33)39-13-18(42)3)46-31-40-32(4,20-6-8-25(35)38-14-20)28(43(26)31)19-5-7-22(34)23(37)11-19/h5-8,11,14,17-18,21,24,28,39H,9-10,12-13,15-16H2,1-4H3/t18?,21-,24-,28-,32+/m1/s1. The van der Waals surface area contributed by atoms with Crippen molar-refractivity contribution < 1.29 is 18.4 Å². The number of piperazine rings is 1. The van der Waals surface area contributed by atoms with Crippen LogP contribution in [0.25, 0.3) is 0 Å². The smallest absolute Gasteiger partial charge is 0.263 e. The predicted octanol–water partition coefficient (Wildman–Crippen LogP) is 6.06. The van der Waals surface area contributed by atoms with E-state index < -0.39 is 29.6 Å². The second-order valence-electron chi connectivity index (χ2n) is 13.6. The topological polar surface area (TPSA) is 81.1 Å². The Hall–Kier alpha value is -2.73. The van der Waals surface area contributed by atoms with Gasteiger partial charge in [0.25, 0.3) is 5.91 Å². The maximum absolute atomic E-state index is 15.1. The number of alkyl halides is 1. The molecule has 2 amide bonds. The molecule has 5 aliphatic rings. The van der Waals surface area contributed by atoms with Gasteiger partial charge in [-0.05, 0) is 68.1 Å². The third-order valence-corrected chi connectivity index (χ3v) is 11.6. The van der Waals surface area contributed by atoms with Crippen LogP contribution >= 0.6 is 35.0 Å². The highest BCUT2D eigenvalue weighted by Gasteiger charge is 2.55. The van der Waals surface area contributed by atoms with E-state index in [-0.39, 0.29) is 47.3 Å². The fraction of sp³-hybridized carbons (Fsp3) is 0.515. The van der Waals surface area contributed by atoms with E-state index in [1.54, 1.807) is 18.3 Å². The van der Waals surface area contributed by atoms with Crippen LogP contribution in [0.2, 0.25) is 10.2 Å². The minimum Gasteiger partial charge on any atom is -0.335 e. The Balaban J connectivity index is 1.27. The average molecular weight is 690 g/mol. The zero-order valence-electron chi connectivity index (χ0n) is 26.1. The van der Waals surface area contributed by atoms with Gasteiger partial charge >= 0.3 is 0 Å². The third-order valence-electron chi connectivity index (χ3n) is 10.0. The number of nitrogens with one attached hydrogen (secondary N) is 1. The number of nitrogens with zero attached hydrogens (tertiary/aromatic N) is 5. The average Bonchev–Trinajstić information content (AvgIpc) is 3.34. The summed E-state index contributed by atoms with van der Waals surface area (Å²) in [7, 11) is 0. The number of aromatic nitrogens is 1. The summed E-state index contributed by atoms with van der Waals surface area (Å²) >= 11 is 13.4. The molecule has 1 aliphatic carbocycles. The Morgan fingerprint density at radius 1 is 1.15 bits per heavy atom. The number of rotatable bonds is 5. The minimum atomic E-state index is -1.30. The number of hydrogen-bond donors (Lipinski definition) is 1. The maximum Gasteiger partial charge on any atom is 0.263 e. The van der Waals surface area contributed by atoms with Crippen molar-refractivity contribution in [2.75, 3.05) is 19.6 Å². The van der Waals surface area contributed by atoms with Crippen molar-refractivity contribution in [2.45, 2.75) is 82.3 Å². The summed E-state index contributed by atoms with van der Waals surface area (Å²) in [6.45, 7) is 8.99. The number of carbonyl (C=O) groups is 2.